The zero-order valence-electron chi connectivity index (χ0n) is 18.8. The molecule has 0 aliphatic rings. The monoisotopic (exact) mass is 443 g/mol. The van der Waals surface area contributed by atoms with Gasteiger partial charge >= 0.3 is 5.97 Å². The predicted molar refractivity (Wildman–Crippen MR) is 130 cm³/mol. The van der Waals surface area contributed by atoms with Crippen molar-refractivity contribution in [3.8, 4) is 5.75 Å². The Kier molecular flexibility index (Phi) is 8.83. The molecule has 1 amide bonds. The van der Waals surface area contributed by atoms with Crippen LogP contribution in [0.25, 0.3) is 6.08 Å². The highest BCUT2D eigenvalue weighted by atomic mass is 16.5. The Morgan fingerprint density at radius 3 is 2.18 bits per heavy atom. The molecule has 1 N–H and O–H groups in total. The van der Waals surface area contributed by atoms with Crippen molar-refractivity contribution in [2.45, 2.75) is 19.3 Å². The minimum atomic E-state index is -0.923. The number of carboxylic acid groups (broad SMARTS) is 1. The van der Waals surface area contributed by atoms with Crippen LogP contribution in [0.15, 0.2) is 84.9 Å². The van der Waals surface area contributed by atoms with E-state index in [2.05, 4.69) is 0 Å². The molecule has 5 nitrogen and oxygen atoms in total. The number of likely N-dealkylation sites (N-methyl/N-ethyl adjacent to an activating group) is 1. The zero-order chi connectivity index (χ0) is 23.5. The molecule has 170 valence electrons. The molecule has 0 aliphatic carbocycles. The molecule has 3 aromatic carbocycles. The summed E-state index contributed by atoms with van der Waals surface area (Å²) >= 11 is 0. The fourth-order valence-electron chi connectivity index (χ4n) is 3.46. The smallest absolute Gasteiger partial charge is 0.307 e. The first-order valence-electron chi connectivity index (χ1n) is 11.0. The lowest BCUT2D eigenvalue weighted by molar-refractivity contribution is -0.136. The van der Waals surface area contributed by atoms with Gasteiger partial charge in [-0.3, -0.25) is 9.59 Å². The number of rotatable bonds is 11. The van der Waals surface area contributed by atoms with Crippen LogP contribution in [0, 0.1) is 0 Å². The second kappa shape index (κ2) is 12.2. The Bertz CT molecular complexity index is 1080. The Balaban J connectivity index is 1.62. The number of amides is 1. The van der Waals surface area contributed by atoms with Gasteiger partial charge in [0.15, 0.2) is 0 Å². The van der Waals surface area contributed by atoms with Crippen molar-refractivity contribution in [1.29, 1.82) is 0 Å². The number of hydrogen-bond donors (Lipinski definition) is 1. The first-order valence-corrected chi connectivity index (χ1v) is 11.0. The Morgan fingerprint density at radius 2 is 1.52 bits per heavy atom. The second-order valence-electron chi connectivity index (χ2n) is 7.91. The normalized spacial score (nSPS) is 10.8. The van der Waals surface area contributed by atoms with Crippen LogP contribution in [-0.2, 0) is 28.9 Å². The molecule has 33 heavy (non-hydrogen) atoms. The molecule has 0 radical (unpaired) electrons. The van der Waals surface area contributed by atoms with Crippen molar-refractivity contribution in [2.75, 3.05) is 20.2 Å². The molecule has 5 heteroatoms. The predicted octanol–water partition coefficient (Wildman–Crippen LogP) is 4.65. The third kappa shape index (κ3) is 8.30. The number of carboxylic acids is 1. The van der Waals surface area contributed by atoms with E-state index in [9.17, 15) is 14.7 Å². The van der Waals surface area contributed by atoms with Crippen LogP contribution in [-0.4, -0.2) is 42.1 Å². The molecule has 0 spiro atoms. The van der Waals surface area contributed by atoms with Crippen molar-refractivity contribution >= 4 is 18.0 Å². The number of aliphatic carboxylic acids is 1. The zero-order valence-corrected chi connectivity index (χ0v) is 18.8. The molecule has 0 aromatic heterocycles. The molecule has 0 unspecified atom stereocenters. The summed E-state index contributed by atoms with van der Waals surface area (Å²) in [7, 11) is 1.79. The van der Waals surface area contributed by atoms with Gasteiger partial charge < -0.3 is 14.7 Å². The fourth-order valence-corrected chi connectivity index (χ4v) is 3.46. The van der Waals surface area contributed by atoms with Gasteiger partial charge in [0.05, 0.1) is 12.8 Å². The van der Waals surface area contributed by atoms with Crippen LogP contribution in [0.3, 0.4) is 0 Å². The van der Waals surface area contributed by atoms with E-state index in [1.165, 1.54) is 5.56 Å². The highest BCUT2D eigenvalue weighted by Gasteiger charge is 2.13. The van der Waals surface area contributed by atoms with Crippen LogP contribution < -0.4 is 4.74 Å². The summed E-state index contributed by atoms with van der Waals surface area (Å²) in [6.07, 6.45) is 4.72. The minimum Gasteiger partial charge on any atom is -0.490 e. The van der Waals surface area contributed by atoms with Crippen LogP contribution in [0.5, 0.6) is 5.75 Å². The number of ether oxygens (including phenoxy) is 1. The molecule has 0 atom stereocenters. The number of carbonyl (C=O) groups is 2. The Labute approximate surface area is 194 Å². The van der Waals surface area contributed by atoms with E-state index in [0.29, 0.717) is 24.5 Å². The lowest BCUT2D eigenvalue weighted by Gasteiger charge is -2.18. The van der Waals surface area contributed by atoms with Crippen molar-refractivity contribution in [3.05, 3.63) is 107 Å². The van der Waals surface area contributed by atoms with E-state index < -0.39 is 5.97 Å². The first-order chi connectivity index (χ1) is 16.0. The maximum absolute atomic E-state index is 12.8. The van der Waals surface area contributed by atoms with E-state index in [4.69, 9.17) is 4.74 Å². The maximum Gasteiger partial charge on any atom is 0.307 e. The van der Waals surface area contributed by atoms with Crippen LogP contribution in [0.4, 0.5) is 0 Å². The van der Waals surface area contributed by atoms with Gasteiger partial charge in [-0.15, -0.1) is 0 Å². The van der Waals surface area contributed by atoms with Gasteiger partial charge in [0.25, 0.3) is 0 Å². The summed E-state index contributed by atoms with van der Waals surface area (Å²) in [6, 6.07) is 25.2. The van der Waals surface area contributed by atoms with Gasteiger partial charge in [-0.25, -0.2) is 0 Å². The van der Waals surface area contributed by atoms with Gasteiger partial charge in [-0.2, -0.15) is 0 Å². The molecular formula is C28H29NO4. The van der Waals surface area contributed by atoms with E-state index >= 15 is 0 Å². The highest BCUT2D eigenvalue weighted by Crippen LogP contribution is 2.19. The molecule has 3 rings (SSSR count). The van der Waals surface area contributed by atoms with Gasteiger partial charge in [-0.05, 0) is 46.9 Å². The molecule has 0 fully saturated rings. The fraction of sp³-hybridized carbons (Fsp3) is 0.214. The lowest BCUT2D eigenvalue weighted by atomic mass is 10.0. The first kappa shape index (κ1) is 23.8. The molecular weight excluding hydrogens is 414 g/mol. The third-order valence-corrected chi connectivity index (χ3v) is 5.20. The Morgan fingerprint density at radius 1 is 0.879 bits per heavy atom. The minimum absolute atomic E-state index is 0.0201. The van der Waals surface area contributed by atoms with Gasteiger partial charge in [0.1, 0.15) is 12.4 Å². The van der Waals surface area contributed by atoms with Gasteiger partial charge in [0.2, 0.25) is 5.91 Å². The standard InChI is InChI=1S/C28H29NO4/c1-29(15-14-23-11-6-3-7-12-23)27(30)20-24-17-25(21-28(31)32)19-26(18-24)33-16-8-13-22-9-4-2-5-10-22/h2-13,17-19H,14-16,20-21H2,1H3,(H,31,32)/b13-8+. The summed E-state index contributed by atoms with van der Waals surface area (Å²) < 4.78 is 5.83. The van der Waals surface area contributed by atoms with E-state index in [-0.39, 0.29) is 18.7 Å². The summed E-state index contributed by atoms with van der Waals surface area (Å²) in [4.78, 5) is 25.7. The summed E-state index contributed by atoms with van der Waals surface area (Å²) in [5, 5.41) is 9.21. The molecule has 0 aliphatic heterocycles. The molecule has 0 heterocycles. The van der Waals surface area contributed by atoms with E-state index in [1.54, 1.807) is 24.1 Å². The van der Waals surface area contributed by atoms with Crippen molar-refractivity contribution in [2.24, 2.45) is 0 Å². The SMILES string of the molecule is CN(CCc1ccccc1)C(=O)Cc1cc(CC(=O)O)cc(OC/C=C/c2ccccc2)c1. The quantitative estimate of drug-likeness (QED) is 0.469. The summed E-state index contributed by atoms with van der Waals surface area (Å²) in [5.41, 5.74) is 3.61. The largest absolute Gasteiger partial charge is 0.490 e. The van der Waals surface area contributed by atoms with Crippen LogP contribution in [0.1, 0.15) is 22.3 Å². The number of benzene rings is 3. The summed E-state index contributed by atoms with van der Waals surface area (Å²) in [6.45, 7) is 0.959. The highest BCUT2D eigenvalue weighted by molar-refractivity contribution is 5.79. The van der Waals surface area contributed by atoms with Crippen molar-refractivity contribution in [3.63, 3.8) is 0 Å². The summed E-state index contributed by atoms with van der Waals surface area (Å²) in [5.74, 6) is -0.386. The van der Waals surface area contributed by atoms with Crippen LogP contribution in [0.2, 0.25) is 0 Å². The average Bonchev–Trinajstić information content (AvgIpc) is 2.81. The Hall–Kier alpha value is -3.86. The van der Waals surface area contributed by atoms with Gasteiger partial charge in [0, 0.05) is 13.6 Å². The van der Waals surface area contributed by atoms with Crippen molar-refractivity contribution < 1.29 is 19.4 Å². The molecule has 0 saturated heterocycles. The second-order valence-corrected chi connectivity index (χ2v) is 7.91. The van der Waals surface area contributed by atoms with E-state index in [0.717, 1.165) is 17.5 Å². The molecule has 0 saturated carbocycles. The van der Waals surface area contributed by atoms with Gasteiger partial charge in [-0.1, -0.05) is 72.8 Å². The molecule has 3 aromatic rings. The lowest BCUT2D eigenvalue weighted by Crippen LogP contribution is -2.30. The van der Waals surface area contributed by atoms with Crippen LogP contribution >= 0.6 is 0 Å². The average molecular weight is 444 g/mol. The number of nitrogens with zero attached hydrogens (tertiary/aromatic N) is 1. The molecule has 0 bridgehead atoms. The maximum atomic E-state index is 12.8. The van der Waals surface area contributed by atoms with E-state index in [1.807, 2.05) is 78.9 Å². The number of hydrogen-bond acceptors (Lipinski definition) is 3. The topological polar surface area (TPSA) is 66.8 Å². The third-order valence-electron chi connectivity index (χ3n) is 5.20. The van der Waals surface area contributed by atoms with Crippen molar-refractivity contribution in [1.82, 2.24) is 4.90 Å². The number of carbonyl (C=O) groups excluding carboxylic acids is 1.